The summed E-state index contributed by atoms with van der Waals surface area (Å²) in [6.07, 6.45) is 3.99. The third-order valence-electron chi connectivity index (χ3n) is 1.65. The Kier molecular flexibility index (Phi) is 0.583. The highest BCUT2D eigenvalue weighted by Crippen LogP contribution is 2.36. The molecular weight excluding hydrogens is 104 g/mol. The van der Waals surface area contributed by atoms with Gasteiger partial charge in [0, 0.05) is 0 Å². The Hall–Kier alpha value is -0.790. The molecule has 0 amide bonds. The number of fused-ring (bicyclic) bond motifs is 1. The first-order valence-corrected chi connectivity index (χ1v) is 2.79. The minimum absolute atomic E-state index is 0.0336. The van der Waals surface area contributed by atoms with Crippen molar-refractivity contribution in [3.05, 3.63) is 11.8 Å². The molecule has 8 heavy (non-hydrogen) atoms. The van der Waals surface area contributed by atoms with Gasteiger partial charge in [0.1, 0.15) is 11.7 Å². The zero-order valence-electron chi connectivity index (χ0n) is 4.39. The van der Waals surface area contributed by atoms with Crippen molar-refractivity contribution in [3.8, 4) is 0 Å². The van der Waals surface area contributed by atoms with Gasteiger partial charge in [-0.3, -0.25) is 4.79 Å². The molecule has 2 heteroatoms. The lowest BCUT2D eigenvalue weighted by Gasteiger charge is -2.22. The zero-order chi connectivity index (χ0) is 5.56. The van der Waals surface area contributed by atoms with Crippen molar-refractivity contribution in [2.45, 2.75) is 12.8 Å². The fourth-order valence-corrected chi connectivity index (χ4v) is 1.15. The predicted octanol–water partition coefficient (Wildman–Crippen LogP) is 0.837. The number of ether oxygens (including phenoxy) is 1. The van der Waals surface area contributed by atoms with E-state index < -0.39 is 0 Å². The summed E-state index contributed by atoms with van der Waals surface area (Å²) in [5.74, 6) is 1.04. The normalized spacial score (nSPS) is 32.8. The molecule has 2 rings (SSSR count). The molecule has 0 saturated carbocycles. The third-order valence-corrected chi connectivity index (χ3v) is 1.65. The summed E-state index contributed by atoms with van der Waals surface area (Å²) >= 11 is 0. The van der Waals surface area contributed by atoms with Crippen molar-refractivity contribution >= 4 is 5.97 Å². The van der Waals surface area contributed by atoms with Crippen molar-refractivity contribution in [1.82, 2.24) is 0 Å². The summed E-state index contributed by atoms with van der Waals surface area (Å²) in [6.45, 7) is 0. The van der Waals surface area contributed by atoms with Gasteiger partial charge in [0.15, 0.2) is 0 Å². The molecule has 2 nitrogen and oxygen atoms in total. The predicted molar refractivity (Wildman–Crippen MR) is 26.9 cm³/mol. The number of allylic oxidation sites excluding steroid dienone is 1. The number of esters is 1. The minimum Gasteiger partial charge on any atom is -0.430 e. The second kappa shape index (κ2) is 1.13. The highest BCUT2D eigenvalue weighted by atomic mass is 16.6. The van der Waals surface area contributed by atoms with Gasteiger partial charge in [-0.25, -0.2) is 0 Å². The van der Waals surface area contributed by atoms with Crippen LogP contribution in [0.5, 0.6) is 0 Å². The van der Waals surface area contributed by atoms with Gasteiger partial charge < -0.3 is 4.74 Å². The van der Waals surface area contributed by atoms with Crippen LogP contribution < -0.4 is 0 Å². The molecule has 1 saturated heterocycles. The van der Waals surface area contributed by atoms with E-state index in [1.54, 1.807) is 0 Å². The molecule has 1 unspecified atom stereocenters. The lowest BCUT2D eigenvalue weighted by Crippen LogP contribution is -2.29. The maximum absolute atomic E-state index is 10.4. The van der Waals surface area contributed by atoms with E-state index in [0.29, 0.717) is 0 Å². The molecule has 0 aromatic carbocycles. The van der Waals surface area contributed by atoms with Crippen LogP contribution in [0, 0.1) is 5.92 Å². The van der Waals surface area contributed by atoms with Gasteiger partial charge in [-0.1, -0.05) is 0 Å². The van der Waals surface area contributed by atoms with E-state index in [-0.39, 0.29) is 11.9 Å². The van der Waals surface area contributed by atoms with Gasteiger partial charge in [0.25, 0.3) is 0 Å². The topological polar surface area (TPSA) is 26.3 Å². The Labute approximate surface area is 47.1 Å². The summed E-state index contributed by atoms with van der Waals surface area (Å²) in [7, 11) is 0. The van der Waals surface area contributed by atoms with Crippen LogP contribution in [0.1, 0.15) is 12.8 Å². The Morgan fingerprint density at radius 1 is 1.75 bits per heavy atom. The molecule has 0 bridgehead atoms. The molecule has 1 atom stereocenters. The van der Waals surface area contributed by atoms with Gasteiger partial charge in [0.2, 0.25) is 0 Å². The van der Waals surface area contributed by atoms with Crippen LogP contribution in [0.25, 0.3) is 0 Å². The molecule has 1 aliphatic heterocycles. The molecule has 1 aliphatic carbocycles. The van der Waals surface area contributed by atoms with E-state index in [4.69, 9.17) is 0 Å². The van der Waals surface area contributed by atoms with Gasteiger partial charge in [0.05, 0.1) is 0 Å². The molecule has 0 N–H and O–H groups in total. The minimum atomic E-state index is -0.0336. The quantitative estimate of drug-likeness (QED) is 0.432. The van der Waals surface area contributed by atoms with Crippen LogP contribution in [0.2, 0.25) is 0 Å². The Balaban J connectivity index is 2.26. The molecule has 1 heterocycles. The van der Waals surface area contributed by atoms with E-state index in [2.05, 4.69) is 4.74 Å². The number of hydrogen-bond donors (Lipinski definition) is 0. The van der Waals surface area contributed by atoms with Gasteiger partial charge >= 0.3 is 5.97 Å². The van der Waals surface area contributed by atoms with E-state index in [1.807, 2.05) is 6.08 Å². The molecular formula is C6H6O2. The lowest BCUT2D eigenvalue weighted by molar-refractivity contribution is -0.156. The smallest absolute Gasteiger partial charge is 0.321 e. The molecule has 0 aromatic heterocycles. The van der Waals surface area contributed by atoms with Crippen LogP contribution in [0.4, 0.5) is 0 Å². The van der Waals surface area contributed by atoms with Crippen molar-refractivity contribution in [2.75, 3.05) is 0 Å². The maximum Gasteiger partial charge on any atom is 0.321 e. The summed E-state index contributed by atoms with van der Waals surface area (Å²) in [4.78, 5) is 10.4. The standard InChI is InChI=1S/C6H6O2/c7-6-4-2-1-3-5(4)8-6/h3-4H,1-2H2. The van der Waals surface area contributed by atoms with Crippen LogP contribution >= 0.6 is 0 Å². The van der Waals surface area contributed by atoms with Crippen LogP contribution in [0.15, 0.2) is 11.8 Å². The van der Waals surface area contributed by atoms with E-state index in [9.17, 15) is 4.79 Å². The average molecular weight is 110 g/mol. The van der Waals surface area contributed by atoms with Crippen LogP contribution in [-0.4, -0.2) is 5.97 Å². The molecule has 0 spiro atoms. The summed E-state index contributed by atoms with van der Waals surface area (Å²) < 4.78 is 4.69. The number of rotatable bonds is 0. The number of carbonyl (C=O) groups is 1. The largest absolute Gasteiger partial charge is 0.430 e. The number of hydrogen-bond acceptors (Lipinski definition) is 2. The number of carbonyl (C=O) groups excluding carboxylic acids is 1. The fourth-order valence-electron chi connectivity index (χ4n) is 1.15. The molecule has 42 valence electrons. The Morgan fingerprint density at radius 2 is 2.62 bits per heavy atom. The molecule has 0 radical (unpaired) electrons. The Bertz CT molecular complexity index is 169. The second-order valence-corrected chi connectivity index (χ2v) is 2.16. The monoisotopic (exact) mass is 110 g/mol. The van der Waals surface area contributed by atoms with E-state index >= 15 is 0 Å². The maximum atomic E-state index is 10.4. The third kappa shape index (κ3) is 0.312. The van der Waals surface area contributed by atoms with Gasteiger partial charge in [-0.2, -0.15) is 0 Å². The first-order valence-electron chi connectivity index (χ1n) is 2.79. The highest BCUT2D eigenvalue weighted by molar-refractivity contribution is 5.83. The average Bonchev–Trinajstić information content (AvgIpc) is 2.09. The van der Waals surface area contributed by atoms with Gasteiger partial charge in [-0.05, 0) is 18.9 Å². The van der Waals surface area contributed by atoms with E-state index in [1.165, 1.54) is 0 Å². The molecule has 2 aliphatic rings. The van der Waals surface area contributed by atoms with Crippen molar-refractivity contribution in [1.29, 1.82) is 0 Å². The van der Waals surface area contributed by atoms with Crippen molar-refractivity contribution in [2.24, 2.45) is 5.92 Å². The Morgan fingerprint density at radius 3 is 3.12 bits per heavy atom. The highest BCUT2D eigenvalue weighted by Gasteiger charge is 2.39. The molecule has 0 aromatic rings. The summed E-state index contributed by atoms with van der Waals surface area (Å²) in [5, 5.41) is 0. The first kappa shape index (κ1) is 4.13. The summed E-state index contributed by atoms with van der Waals surface area (Å²) in [5.41, 5.74) is 0. The van der Waals surface area contributed by atoms with Gasteiger partial charge in [-0.15, -0.1) is 0 Å². The SMILES string of the molecule is O=C1OC2=CCCC12. The van der Waals surface area contributed by atoms with Crippen molar-refractivity contribution < 1.29 is 9.53 Å². The second-order valence-electron chi connectivity index (χ2n) is 2.16. The van der Waals surface area contributed by atoms with E-state index in [0.717, 1.165) is 18.6 Å². The fraction of sp³-hybridized carbons (Fsp3) is 0.500. The molecule has 1 fully saturated rings. The van der Waals surface area contributed by atoms with Crippen LogP contribution in [-0.2, 0) is 9.53 Å². The van der Waals surface area contributed by atoms with Crippen LogP contribution in [0.3, 0.4) is 0 Å². The lowest BCUT2D eigenvalue weighted by atomic mass is 10.1. The van der Waals surface area contributed by atoms with Crippen molar-refractivity contribution in [3.63, 3.8) is 0 Å². The zero-order valence-corrected chi connectivity index (χ0v) is 4.39. The summed E-state index contributed by atoms with van der Waals surface area (Å²) in [6, 6.07) is 0. The first-order chi connectivity index (χ1) is 3.88.